The Bertz CT molecular complexity index is 1120. The number of carbonyl (C=O) groups excluding carboxylic acids is 1. The van der Waals surface area contributed by atoms with E-state index in [1.165, 1.54) is 11.8 Å². The number of benzene rings is 1. The van der Waals surface area contributed by atoms with Gasteiger partial charge in [0, 0.05) is 17.6 Å². The summed E-state index contributed by atoms with van der Waals surface area (Å²) in [4.78, 5) is 22.0. The molecular weight excluding hydrogens is 384 g/mol. The third-order valence-electron chi connectivity index (χ3n) is 4.59. The van der Waals surface area contributed by atoms with Gasteiger partial charge in [-0.1, -0.05) is 6.07 Å². The van der Waals surface area contributed by atoms with Crippen LogP contribution in [0.15, 0.2) is 64.6 Å². The van der Waals surface area contributed by atoms with Gasteiger partial charge in [-0.05, 0) is 79.7 Å². The van der Waals surface area contributed by atoms with Crippen LogP contribution in [0.2, 0.25) is 0 Å². The van der Waals surface area contributed by atoms with Crippen LogP contribution in [-0.4, -0.2) is 27.7 Å². The van der Waals surface area contributed by atoms with E-state index in [1.807, 2.05) is 62.4 Å². The molecule has 0 unspecified atom stereocenters. The number of carbonyl (C=O) groups is 1. The summed E-state index contributed by atoms with van der Waals surface area (Å²) in [5.41, 5.74) is 3.82. The van der Waals surface area contributed by atoms with E-state index < -0.39 is 0 Å². The molecule has 29 heavy (non-hydrogen) atoms. The molecule has 1 aliphatic heterocycles. The summed E-state index contributed by atoms with van der Waals surface area (Å²) in [6, 6.07) is 15.2. The van der Waals surface area contributed by atoms with Crippen molar-refractivity contribution in [3.8, 4) is 11.6 Å². The number of amides is 1. The lowest BCUT2D eigenvalue weighted by Gasteiger charge is -2.07. The van der Waals surface area contributed by atoms with Crippen molar-refractivity contribution in [2.24, 2.45) is 4.99 Å². The molecule has 0 bridgehead atoms. The van der Waals surface area contributed by atoms with E-state index in [-0.39, 0.29) is 5.91 Å². The largest absolute Gasteiger partial charge is 0.497 e. The topological polar surface area (TPSA) is 68.5 Å². The summed E-state index contributed by atoms with van der Waals surface area (Å²) in [5, 5.41) is 3.39. The summed E-state index contributed by atoms with van der Waals surface area (Å²) in [6.07, 6.45) is 3.67. The number of rotatable bonds is 4. The molecule has 1 aliphatic rings. The number of nitrogens with one attached hydrogen (secondary N) is 1. The quantitative estimate of drug-likeness (QED) is 0.655. The van der Waals surface area contributed by atoms with Crippen molar-refractivity contribution in [2.45, 2.75) is 13.8 Å². The third-order valence-corrected chi connectivity index (χ3v) is 5.50. The zero-order valence-electron chi connectivity index (χ0n) is 16.3. The normalized spacial score (nSPS) is 16.4. The number of methoxy groups -OCH3 is 1. The smallest absolute Gasteiger partial charge is 0.264 e. The average molecular weight is 404 g/mol. The molecule has 1 amide bonds. The van der Waals surface area contributed by atoms with Crippen molar-refractivity contribution in [1.29, 1.82) is 0 Å². The Balaban J connectivity index is 1.60. The second-order valence-corrected chi connectivity index (χ2v) is 7.56. The molecule has 146 valence electrons. The van der Waals surface area contributed by atoms with Crippen LogP contribution in [0.1, 0.15) is 17.0 Å². The number of ether oxygens (including phenoxy) is 1. The molecule has 1 saturated heterocycles. The number of aromatic nitrogens is 2. The fourth-order valence-electron chi connectivity index (χ4n) is 3.17. The Morgan fingerprint density at radius 2 is 1.97 bits per heavy atom. The van der Waals surface area contributed by atoms with Gasteiger partial charge in [0.1, 0.15) is 11.6 Å². The van der Waals surface area contributed by atoms with Crippen molar-refractivity contribution in [3.63, 3.8) is 0 Å². The Morgan fingerprint density at radius 3 is 2.66 bits per heavy atom. The van der Waals surface area contributed by atoms with Crippen LogP contribution in [-0.2, 0) is 4.79 Å². The molecule has 7 heteroatoms. The Morgan fingerprint density at radius 1 is 1.17 bits per heavy atom. The van der Waals surface area contributed by atoms with E-state index in [0.717, 1.165) is 34.2 Å². The van der Waals surface area contributed by atoms with Gasteiger partial charge in [-0.15, -0.1) is 0 Å². The maximum absolute atomic E-state index is 12.4. The van der Waals surface area contributed by atoms with Crippen LogP contribution >= 0.6 is 11.8 Å². The summed E-state index contributed by atoms with van der Waals surface area (Å²) < 4.78 is 7.24. The molecule has 0 radical (unpaired) electrons. The van der Waals surface area contributed by atoms with Gasteiger partial charge in [-0.25, -0.2) is 9.98 Å². The zero-order valence-corrected chi connectivity index (χ0v) is 17.2. The summed E-state index contributed by atoms with van der Waals surface area (Å²) in [5.74, 6) is 1.48. The Kier molecular flexibility index (Phi) is 5.22. The van der Waals surface area contributed by atoms with Gasteiger partial charge in [-0.2, -0.15) is 0 Å². The predicted octanol–water partition coefficient (Wildman–Crippen LogP) is 4.39. The second-order valence-electron chi connectivity index (χ2n) is 6.53. The van der Waals surface area contributed by atoms with Gasteiger partial charge >= 0.3 is 0 Å². The number of amidine groups is 1. The highest BCUT2D eigenvalue weighted by atomic mass is 32.2. The molecule has 3 aromatic rings. The zero-order chi connectivity index (χ0) is 20.4. The lowest BCUT2D eigenvalue weighted by molar-refractivity contribution is -0.115. The molecule has 1 N–H and O–H groups in total. The van der Waals surface area contributed by atoms with E-state index in [2.05, 4.69) is 25.9 Å². The van der Waals surface area contributed by atoms with Crippen LogP contribution in [0, 0.1) is 13.8 Å². The van der Waals surface area contributed by atoms with Crippen LogP contribution in [0.25, 0.3) is 11.9 Å². The van der Waals surface area contributed by atoms with Crippen molar-refractivity contribution < 1.29 is 9.53 Å². The molecular formula is C22H20N4O2S. The molecule has 3 heterocycles. The molecule has 2 aromatic heterocycles. The first-order chi connectivity index (χ1) is 14.0. The fourth-order valence-corrected chi connectivity index (χ4v) is 4.00. The van der Waals surface area contributed by atoms with Crippen LogP contribution in [0.3, 0.4) is 0 Å². The lowest BCUT2D eigenvalue weighted by Crippen LogP contribution is -2.19. The van der Waals surface area contributed by atoms with E-state index in [1.54, 1.807) is 13.3 Å². The van der Waals surface area contributed by atoms with Gasteiger partial charge in [0.25, 0.3) is 5.91 Å². The highest BCUT2D eigenvalue weighted by Gasteiger charge is 2.24. The number of hydrogen-bond donors (Lipinski definition) is 1. The highest BCUT2D eigenvalue weighted by Crippen LogP contribution is 2.30. The van der Waals surface area contributed by atoms with Gasteiger partial charge in [0.2, 0.25) is 0 Å². The summed E-state index contributed by atoms with van der Waals surface area (Å²) in [7, 11) is 1.62. The SMILES string of the molecule is COc1ccc(N=C2NC(=O)/C(=C\c3cc(C)n(-c4ccccn4)c3C)S2)cc1. The molecule has 4 rings (SSSR count). The van der Waals surface area contributed by atoms with Crippen molar-refractivity contribution >= 4 is 34.6 Å². The van der Waals surface area contributed by atoms with Crippen LogP contribution in [0.5, 0.6) is 5.75 Å². The number of aryl methyl sites for hydroxylation is 1. The first kappa shape index (κ1) is 19.0. The maximum Gasteiger partial charge on any atom is 0.264 e. The predicted molar refractivity (Wildman–Crippen MR) is 117 cm³/mol. The van der Waals surface area contributed by atoms with E-state index in [0.29, 0.717) is 10.1 Å². The number of nitrogens with zero attached hydrogens (tertiary/aromatic N) is 3. The minimum atomic E-state index is -0.148. The maximum atomic E-state index is 12.4. The standard InChI is InChI=1S/C22H20N4O2S/c1-14-12-16(15(2)26(14)20-6-4-5-11-23-20)13-19-21(27)25-22(29-19)24-17-7-9-18(28-3)10-8-17/h4-13H,1-3H3,(H,24,25,27)/b19-13+. The van der Waals surface area contributed by atoms with E-state index in [4.69, 9.17) is 4.74 Å². The van der Waals surface area contributed by atoms with Crippen LogP contribution in [0.4, 0.5) is 5.69 Å². The fraction of sp³-hybridized carbons (Fsp3) is 0.136. The molecule has 1 aromatic carbocycles. The minimum absolute atomic E-state index is 0.148. The van der Waals surface area contributed by atoms with Crippen molar-refractivity contribution in [2.75, 3.05) is 7.11 Å². The number of hydrogen-bond acceptors (Lipinski definition) is 5. The lowest BCUT2D eigenvalue weighted by atomic mass is 10.2. The summed E-state index contributed by atoms with van der Waals surface area (Å²) in [6.45, 7) is 4.06. The van der Waals surface area contributed by atoms with Crippen LogP contribution < -0.4 is 10.1 Å². The van der Waals surface area contributed by atoms with Gasteiger partial charge in [0.15, 0.2) is 5.17 Å². The average Bonchev–Trinajstić information content (AvgIpc) is 3.21. The van der Waals surface area contributed by atoms with Crippen molar-refractivity contribution in [1.82, 2.24) is 14.9 Å². The number of pyridine rings is 1. The van der Waals surface area contributed by atoms with E-state index in [9.17, 15) is 4.79 Å². The van der Waals surface area contributed by atoms with Gasteiger partial charge in [0.05, 0.1) is 17.7 Å². The molecule has 0 atom stereocenters. The molecule has 0 aliphatic carbocycles. The molecule has 0 saturated carbocycles. The Hall–Kier alpha value is -3.32. The molecule has 6 nitrogen and oxygen atoms in total. The highest BCUT2D eigenvalue weighted by molar-refractivity contribution is 8.18. The number of aliphatic imine (C=N–C) groups is 1. The van der Waals surface area contributed by atoms with Crippen molar-refractivity contribution in [3.05, 3.63) is 76.6 Å². The number of thioether (sulfide) groups is 1. The molecule has 1 fully saturated rings. The monoisotopic (exact) mass is 404 g/mol. The molecule has 0 spiro atoms. The van der Waals surface area contributed by atoms with E-state index >= 15 is 0 Å². The second kappa shape index (κ2) is 7.97. The first-order valence-corrected chi connectivity index (χ1v) is 9.91. The Labute approximate surface area is 173 Å². The minimum Gasteiger partial charge on any atom is -0.497 e. The van der Waals surface area contributed by atoms with Gasteiger partial charge < -0.3 is 14.6 Å². The third kappa shape index (κ3) is 3.95. The van der Waals surface area contributed by atoms with Gasteiger partial charge in [-0.3, -0.25) is 4.79 Å². The first-order valence-electron chi connectivity index (χ1n) is 9.09. The summed E-state index contributed by atoms with van der Waals surface area (Å²) >= 11 is 1.33.